The summed E-state index contributed by atoms with van der Waals surface area (Å²) in [6.45, 7) is 1.39. The Hall–Kier alpha value is -1.95. The molecule has 2 aromatic rings. The first kappa shape index (κ1) is 15.0. The Balaban J connectivity index is 1.53. The second-order valence-corrected chi connectivity index (χ2v) is 5.82. The van der Waals surface area contributed by atoms with Crippen LogP contribution in [0, 0.1) is 5.82 Å². The zero-order chi connectivity index (χ0) is 15.5. The van der Waals surface area contributed by atoms with Crippen LogP contribution in [0.1, 0.15) is 24.4 Å². The van der Waals surface area contributed by atoms with Crippen molar-refractivity contribution in [3.63, 3.8) is 0 Å². The number of likely N-dealkylation sites (tertiary alicyclic amines) is 1. The number of hydrogen-bond donors (Lipinski definition) is 0. The summed E-state index contributed by atoms with van der Waals surface area (Å²) in [6, 6.07) is 4.77. The SMILES string of the molecule is O=C(CCc1ccc(F)c(Cl)c1)N1CCC(n2ccnn2)C1. The first-order valence-corrected chi connectivity index (χ1v) is 7.59. The normalized spacial score (nSPS) is 17.9. The number of carbonyl (C=O) groups excluding carboxylic acids is 1. The molecule has 1 amide bonds. The number of aryl methyl sites for hydroxylation is 1. The summed E-state index contributed by atoms with van der Waals surface area (Å²) in [5, 5.41) is 7.87. The van der Waals surface area contributed by atoms with E-state index >= 15 is 0 Å². The van der Waals surface area contributed by atoms with Gasteiger partial charge in [-0.05, 0) is 30.5 Å². The maximum Gasteiger partial charge on any atom is 0.222 e. The summed E-state index contributed by atoms with van der Waals surface area (Å²) in [5.74, 6) is -0.338. The molecule has 2 heterocycles. The van der Waals surface area contributed by atoms with Crippen LogP contribution in [0.3, 0.4) is 0 Å². The van der Waals surface area contributed by atoms with Gasteiger partial charge in [0.1, 0.15) is 5.82 Å². The van der Waals surface area contributed by atoms with E-state index in [0.29, 0.717) is 19.4 Å². The highest BCUT2D eigenvalue weighted by Gasteiger charge is 2.27. The minimum absolute atomic E-state index is 0.0948. The van der Waals surface area contributed by atoms with Gasteiger partial charge in [0.2, 0.25) is 5.91 Å². The molecule has 1 aliphatic heterocycles. The van der Waals surface area contributed by atoms with E-state index in [-0.39, 0.29) is 17.0 Å². The highest BCUT2D eigenvalue weighted by atomic mass is 35.5. The molecule has 1 fully saturated rings. The molecule has 0 bridgehead atoms. The molecule has 0 aliphatic carbocycles. The molecule has 1 unspecified atom stereocenters. The lowest BCUT2D eigenvalue weighted by Gasteiger charge is -2.16. The van der Waals surface area contributed by atoms with E-state index in [0.717, 1.165) is 18.5 Å². The summed E-state index contributed by atoms with van der Waals surface area (Å²) in [4.78, 5) is 14.1. The highest BCUT2D eigenvalue weighted by Crippen LogP contribution is 2.22. The van der Waals surface area contributed by atoms with Gasteiger partial charge < -0.3 is 4.90 Å². The summed E-state index contributed by atoms with van der Waals surface area (Å²) < 4.78 is 14.9. The molecule has 1 aromatic carbocycles. The predicted molar refractivity (Wildman–Crippen MR) is 80.0 cm³/mol. The minimum atomic E-state index is -0.438. The number of halogens is 2. The van der Waals surface area contributed by atoms with Gasteiger partial charge in [-0.25, -0.2) is 9.07 Å². The van der Waals surface area contributed by atoms with E-state index < -0.39 is 5.82 Å². The van der Waals surface area contributed by atoms with Crippen molar-refractivity contribution in [1.82, 2.24) is 19.9 Å². The smallest absolute Gasteiger partial charge is 0.222 e. The first-order chi connectivity index (χ1) is 10.6. The summed E-state index contributed by atoms with van der Waals surface area (Å²) in [5.41, 5.74) is 0.867. The van der Waals surface area contributed by atoms with Crippen molar-refractivity contribution in [2.75, 3.05) is 13.1 Å². The second-order valence-electron chi connectivity index (χ2n) is 5.41. The average Bonchev–Trinajstić information content (AvgIpc) is 3.18. The van der Waals surface area contributed by atoms with Crippen LogP contribution in [0.25, 0.3) is 0 Å². The molecule has 7 heteroatoms. The third-order valence-corrected chi connectivity index (χ3v) is 4.23. The molecule has 1 atom stereocenters. The van der Waals surface area contributed by atoms with Gasteiger partial charge in [-0.3, -0.25) is 4.79 Å². The monoisotopic (exact) mass is 322 g/mol. The standard InChI is InChI=1S/C15H16ClFN4O/c16-13-9-11(1-3-14(13)17)2-4-15(22)20-7-5-12(10-20)21-8-6-18-19-21/h1,3,6,8-9,12H,2,4-5,7,10H2. The molecule has 0 N–H and O–H groups in total. The maximum atomic E-state index is 13.1. The Morgan fingerprint density at radius 3 is 3.05 bits per heavy atom. The van der Waals surface area contributed by atoms with Crippen molar-refractivity contribution in [2.24, 2.45) is 0 Å². The van der Waals surface area contributed by atoms with E-state index in [1.807, 2.05) is 11.1 Å². The third-order valence-electron chi connectivity index (χ3n) is 3.94. The topological polar surface area (TPSA) is 51.0 Å². The van der Waals surface area contributed by atoms with Gasteiger partial charge in [-0.2, -0.15) is 0 Å². The molecule has 22 heavy (non-hydrogen) atoms. The Kier molecular flexibility index (Phi) is 4.38. The van der Waals surface area contributed by atoms with Crippen LogP contribution >= 0.6 is 11.6 Å². The Labute approximate surface area is 132 Å². The fourth-order valence-electron chi connectivity index (χ4n) is 2.70. The largest absolute Gasteiger partial charge is 0.340 e. The lowest BCUT2D eigenvalue weighted by molar-refractivity contribution is -0.130. The van der Waals surface area contributed by atoms with Gasteiger partial charge in [-0.1, -0.05) is 22.9 Å². The van der Waals surface area contributed by atoms with Crippen LogP contribution in [-0.4, -0.2) is 38.9 Å². The third kappa shape index (κ3) is 3.27. The molecule has 0 spiro atoms. The average molecular weight is 323 g/mol. The van der Waals surface area contributed by atoms with Crippen LogP contribution in [0.5, 0.6) is 0 Å². The minimum Gasteiger partial charge on any atom is -0.340 e. The van der Waals surface area contributed by atoms with Gasteiger partial charge in [0.25, 0.3) is 0 Å². The van der Waals surface area contributed by atoms with Gasteiger partial charge >= 0.3 is 0 Å². The number of nitrogens with zero attached hydrogens (tertiary/aromatic N) is 4. The maximum absolute atomic E-state index is 13.1. The summed E-state index contributed by atoms with van der Waals surface area (Å²) in [7, 11) is 0. The van der Waals surface area contributed by atoms with E-state index in [2.05, 4.69) is 10.3 Å². The van der Waals surface area contributed by atoms with E-state index in [1.54, 1.807) is 23.0 Å². The predicted octanol–water partition coefficient (Wildman–Crippen LogP) is 2.48. The number of carbonyl (C=O) groups is 1. The van der Waals surface area contributed by atoms with Crippen molar-refractivity contribution < 1.29 is 9.18 Å². The van der Waals surface area contributed by atoms with Crippen LogP contribution in [0.2, 0.25) is 5.02 Å². The van der Waals surface area contributed by atoms with Crippen LogP contribution < -0.4 is 0 Å². The van der Waals surface area contributed by atoms with Crippen molar-refractivity contribution >= 4 is 17.5 Å². The van der Waals surface area contributed by atoms with Crippen molar-refractivity contribution in [2.45, 2.75) is 25.3 Å². The lowest BCUT2D eigenvalue weighted by atomic mass is 10.1. The summed E-state index contributed by atoms with van der Waals surface area (Å²) in [6.07, 6.45) is 5.30. The molecule has 1 saturated heterocycles. The van der Waals surface area contributed by atoms with Gasteiger partial charge in [-0.15, -0.1) is 5.10 Å². The number of rotatable bonds is 4. The molecule has 5 nitrogen and oxygen atoms in total. The van der Waals surface area contributed by atoms with Crippen molar-refractivity contribution in [3.8, 4) is 0 Å². The van der Waals surface area contributed by atoms with Crippen molar-refractivity contribution in [1.29, 1.82) is 0 Å². The zero-order valence-electron chi connectivity index (χ0n) is 12.0. The molecule has 3 rings (SSSR count). The van der Waals surface area contributed by atoms with Gasteiger partial charge in [0.05, 0.1) is 17.3 Å². The number of hydrogen-bond acceptors (Lipinski definition) is 3. The summed E-state index contributed by atoms with van der Waals surface area (Å²) >= 11 is 5.75. The molecule has 0 saturated carbocycles. The quantitative estimate of drug-likeness (QED) is 0.869. The molecular weight excluding hydrogens is 307 g/mol. The fourth-order valence-corrected chi connectivity index (χ4v) is 2.90. The van der Waals surface area contributed by atoms with E-state index in [9.17, 15) is 9.18 Å². The Morgan fingerprint density at radius 2 is 2.32 bits per heavy atom. The number of benzene rings is 1. The molecule has 0 radical (unpaired) electrons. The Morgan fingerprint density at radius 1 is 1.45 bits per heavy atom. The van der Waals surface area contributed by atoms with Crippen LogP contribution in [-0.2, 0) is 11.2 Å². The van der Waals surface area contributed by atoms with Crippen LogP contribution in [0.4, 0.5) is 4.39 Å². The second kappa shape index (κ2) is 6.44. The fraction of sp³-hybridized carbons (Fsp3) is 0.400. The Bertz CT molecular complexity index is 662. The molecular formula is C15H16ClFN4O. The lowest BCUT2D eigenvalue weighted by Crippen LogP contribution is -2.29. The first-order valence-electron chi connectivity index (χ1n) is 7.21. The van der Waals surface area contributed by atoms with E-state index in [1.165, 1.54) is 6.07 Å². The van der Waals surface area contributed by atoms with E-state index in [4.69, 9.17) is 11.6 Å². The number of amides is 1. The molecule has 116 valence electrons. The highest BCUT2D eigenvalue weighted by molar-refractivity contribution is 6.30. The van der Waals surface area contributed by atoms with Crippen LogP contribution in [0.15, 0.2) is 30.6 Å². The van der Waals surface area contributed by atoms with Crippen molar-refractivity contribution in [3.05, 3.63) is 47.0 Å². The van der Waals surface area contributed by atoms with Gasteiger partial charge in [0, 0.05) is 25.7 Å². The molecule has 1 aromatic heterocycles. The number of aromatic nitrogens is 3. The molecule has 1 aliphatic rings. The zero-order valence-corrected chi connectivity index (χ0v) is 12.7. The van der Waals surface area contributed by atoms with Gasteiger partial charge in [0.15, 0.2) is 0 Å².